The van der Waals surface area contributed by atoms with Gasteiger partial charge in [-0.2, -0.15) is 5.10 Å². The smallest absolute Gasteiger partial charge is 0.0784 e. The summed E-state index contributed by atoms with van der Waals surface area (Å²) in [4.78, 5) is 0. The van der Waals surface area contributed by atoms with Crippen molar-refractivity contribution in [2.24, 2.45) is 5.73 Å². The van der Waals surface area contributed by atoms with Gasteiger partial charge in [-0.1, -0.05) is 6.08 Å². The summed E-state index contributed by atoms with van der Waals surface area (Å²) >= 11 is 3.55. The van der Waals surface area contributed by atoms with Crippen LogP contribution in [0.15, 0.2) is 16.7 Å². The van der Waals surface area contributed by atoms with Crippen molar-refractivity contribution in [3.8, 4) is 0 Å². The van der Waals surface area contributed by atoms with Crippen LogP contribution in [0.5, 0.6) is 0 Å². The van der Waals surface area contributed by atoms with Crippen LogP contribution >= 0.6 is 15.9 Å². The molecule has 0 radical (unpaired) electrons. The minimum absolute atomic E-state index is 0.211. The largest absolute Gasteiger partial charge is 0.324 e. The predicted molar refractivity (Wildman–Crippen MR) is 65.5 cm³/mol. The van der Waals surface area contributed by atoms with Crippen LogP contribution in [0.2, 0.25) is 0 Å². The lowest BCUT2D eigenvalue weighted by Gasteiger charge is -2.12. The third-order valence-corrected chi connectivity index (χ3v) is 3.29. The summed E-state index contributed by atoms with van der Waals surface area (Å²) in [5.74, 6) is 0. The molecule has 82 valence electrons. The van der Waals surface area contributed by atoms with Crippen molar-refractivity contribution in [2.75, 3.05) is 0 Å². The zero-order valence-electron chi connectivity index (χ0n) is 9.07. The first-order valence-corrected chi connectivity index (χ1v) is 6.08. The molecule has 1 unspecified atom stereocenters. The average Bonchev–Trinajstić information content (AvgIpc) is 2.71. The second-order valence-corrected chi connectivity index (χ2v) is 5.13. The Bertz CT molecular complexity index is 393. The van der Waals surface area contributed by atoms with Gasteiger partial charge in [-0.05, 0) is 48.2 Å². The van der Waals surface area contributed by atoms with Gasteiger partial charge < -0.3 is 5.73 Å². The maximum atomic E-state index is 5.89. The van der Waals surface area contributed by atoms with E-state index in [9.17, 15) is 0 Å². The van der Waals surface area contributed by atoms with Crippen LogP contribution < -0.4 is 5.73 Å². The Morgan fingerprint density at radius 1 is 1.60 bits per heavy atom. The highest BCUT2D eigenvalue weighted by molar-refractivity contribution is 9.10. The van der Waals surface area contributed by atoms with Gasteiger partial charge in [0.05, 0.1) is 16.4 Å². The van der Waals surface area contributed by atoms with Crippen molar-refractivity contribution in [3.63, 3.8) is 0 Å². The van der Waals surface area contributed by atoms with Crippen LogP contribution in [-0.2, 0) is 0 Å². The van der Waals surface area contributed by atoms with E-state index in [0.29, 0.717) is 6.04 Å². The molecule has 15 heavy (non-hydrogen) atoms. The molecule has 1 atom stereocenters. The van der Waals surface area contributed by atoms with E-state index in [1.54, 1.807) is 0 Å². The van der Waals surface area contributed by atoms with Crippen molar-refractivity contribution in [2.45, 2.75) is 38.8 Å². The molecule has 0 amide bonds. The van der Waals surface area contributed by atoms with Gasteiger partial charge in [-0.3, -0.25) is 4.68 Å². The Morgan fingerprint density at radius 2 is 2.33 bits per heavy atom. The summed E-state index contributed by atoms with van der Waals surface area (Å²) in [6.45, 7) is 4.27. The molecule has 0 saturated heterocycles. The fourth-order valence-corrected chi connectivity index (χ4v) is 2.51. The lowest BCUT2D eigenvalue weighted by atomic mass is 10.1. The van der Waals surface area contributed by atoms with Gasteiger partial charge in [0.1, 0.15) is 0 Å². The number of nitrogens with zero attached hydrogens (tertiary/aromatic N) is 2. The molecule has 1 aromatic rings. The number of hydrogen-bond donors (Lipinski definition) is 1. The molecule has 2 rings (SSSR count). The maximum absolute atomic E-state index is 5.89. The summed E-state index contributed by atoms with van der Waals surface area (Å²) in [5, 5.41) is 4.37. The number of aromatic nitrogens is 2. The number of rotatable bonds is 2. The fraction of sp³-hybridized carbons (Fsp3) is 0.545. The van der Waals surface area contributed by atoms with E-state index < -0.39 is 0 Å². The van der Waals surface area contributed by atoms with Crippen LogP contribution in [0.25, 0.3) is 5.57 Å². The summed E-state index contributed by atoms with van der Waals surface area (Å²) in [6, 6.07) is 0.589. The summed E-state index contributed by atoms with van der Waals surface area (Å²) < 4.78 is 3.12. The second kappa shape index (κ2) is 4.10. The molecule has 0 fully saturated rings. The van der Waals surface area contributed by atoms with E-state index in [2.05, 4.69) is 41.0 Å². The van der Waals surface area contributed by atoms with E-state index in [0.717, 1.165) is 17.3 Å². The number of hydrogen-bond acceptors (Lipinski definition) is 2. The fourth-order valence-electron chi connectivity index (χ4n) is 1.98. The maximum Gasteiger partial charge on any atom is 0.0784 e. The van der Waals surface area contributed by atoms with E-state index in [1.807, 2.05) is 10.9 Å². The lowest BCUT2D eigenvalue weighted by Crippen LogP contribution is -2.12. The first-order valence-electron chi connectivity index (χ1n) is 5.29. The molecule has 4 heteroatoms. The van der Waals surface area contributed by atoms with E-state index in [4.69, 9.17) is 5.73 Å². The van der Waals surface area contributed by atoms with Crippen LogP contribution in [0.4, 0.5) is 0 Å². The Morgan fingerprint density at radius 3 is 2.87 bits per heavy atom. The standard InChI is InChI=1S/C11H16BrN3/c1-7(2)15-11(10(12)6-14-15)8-3-4-9(13)5-8/h5-7,9H,3-4,13H2,1-2H3. The zero-order valence-corrected chi connectivity index (χ0v) is 10.7. The molecular formula is C11H16BrN3. The number of halogens is 1. The highest BCUT2D eigenvalue weighted by Crippen LogP contribution is 2.33. The van der Waals surface area contributed by atoms with Crippen LogP contribution in [0.3, 0.4) is 0 Å². The van der Waals surface area contributed by atoms with Crippen molar-refractivity contribution in [3.05, 3.63) is 22.4 Å². The van der Waals surface area contributed by atoms with Gasteiger partial charge in [0.15, 0.2) is 0 Å². The van der Waals surface area contributed by atoms with Gasteiger partial charge in [0.2, 0.25) is 0 Å². The van der Waals surface area contributed by atoms with Crippen molar-refractivity contribution < 1.29 is 0 Å². The second-order valence-electron chi connectivity index (χ2n) is 4.27. The molecule has 0 spiro atoms. The normalized spacial score (nSPS) is 21.1. The molecule has 1 aliphatic rings. The summed E-state index contributed by atoms with van der Waals surface area (Å²) in [5.41, 5.74) is 8.40. The Hall–Kier alpha value is -0.610. The van der Waals surface area contributed by atoms with Gasteiger partial charge in [0.25, 0.3) is 0 Å². The van der Waals surface area contributed by atoms with Gasteiger partial charge in [-0.15, -0.1) is 0 Å². The molecule has 1 aliphatic carbocycles. The predicted octanol–water partition coefficient (Wildman–Crippen LogP) is 2.73. The van der Waals surface area contributed by atoms with Crippen molar-refractivity contribution >= 4 is 21.5 Å². The molecule has 0 aliphatic heterocycles. The molecule has 0 aromatic carbocycles. The molecule has 1 heterocycles. The lowest BCUT2D eigenvalue weighted by molar-refractivity contribution is 0.526. The SMILES string of the molecule is CC(C)n1ncc(Br)c1C1=CC(N)CC1. The molecule has 0 saturated carbocycles. The summed E-state index contributed by atoms with van der Waals surface area (Å²) in [6.07, 6.45) is 6.11. The summed E-state index contributed by atoms with van der Waals surface area (Å²) in [7, 11) is 0. The van der Waals surface area contributed by atoms with Crippen LogP contribution in [0, 0.1) is 0 Å². The number of nitrogens with two attached hydrogens (primary N) is 1. The zero-order chi connectivity index (χ0) is 11.0. The average molecular weight is 270 g/mol. The monoisotopic (exact) mass is 269 g/mol. The first-order chi connectivity index (χ1) is 7.09. The Labute approximate surface area is 98.5 Å². The van der Waals surface area contributed by atoms with Crippen molar-refractivity contribution in [1.29, 1.82) is 0 Å². The minimum Gasteiger partial charge on any atom is -0.324 e. The topological polar surface area (TPSA) is 43.8 Å². The van der Waals surface area contributed by atoms with Gasteiger partial charge in [0, 0.05) is 12.1 Å². The quantitative estimate of drug-likeness (QED) is 0.898. The van der Waals surface area contributed by atoms with Crippen molar-refractivity contribution in [1.82, 2.24) is 9.78 Å². The van der Waals surface area contributed by atoms with E-state index >= 15 is 0 Å². The number of allylic oxidation sites excluding steroid dienone is 1. The molecule has 0 bridgehead atoms. The first kappa shape index (κ1) is 10.9. The third-order valence-electron chi connectivity index (χ3n) is 2.71. The molecular weight excluding hydrogens is 254 g/mol. The van der Waals surface area contributed by atoms with E-state index in [1.165, 1.54) is 11.3 Å². The molecule has 3 nitrogen and oxygen atoms in total. The Kier molecular flexibility index (Phi) is 2.98. The van der Waals surface area contributed by atoms with E-state index in [-0.39, 0.29) is 6.04 Å². The molecule has 2 N–H and O–H groups in total. The highest BCUT2D eigenvalue weighted by Gasteiger charge is 2.20. The molecule has 1 aromatic heterocycles. The minimum atomic E-state index is 0.211. The van der Waals surface area contributed by atoms with Crippen LogP contribution in [0.1, 0.15) is 38.4 Å². The van der Waals surface area contributed by atoms with Gasteiger partial charge in [-0.25, -0.2) is 0 Å². The van der Waals surface area contributed by atoms with Crippen LogP contribution in [-0.4, -0.2) is 15.8 Å². The third kappa shape index (κ3) is 2.01. The van der Waals surface area contributed by atoms with Gasteiger partial charge >= 0.3 is 0 Å². The Balaban J connectivity index is 2.42. The highest BCUT2D eigenvalue weighted by atomic mass is 79.9.